The number of nitrogens with one attached hydrogen (secondary N) is 1. The van der Waals surface area contributed by atoms with Gasteiger partial charge in [0.2, 0.25) is 5.91 Å². The number of nitrogens with zero attached hydrogens (tertiary/aromatic N) is 4. The lowest BCUT2D eigenvalue weighted by Crippen LogP contribution is -2.46. The summed E-state index contributed by atoms with van der Waals surface area (Å²) in [5.41, 5.74) is 6.54. The molecule has 8 nitrogen and oxygen atoms in total. The summed E-state index contributed by atoms with van der Waals surface area (Å²) in [5.74, 6) is -0.442. The third kappa shape index (κ3) is 4.59. The molecular formula is C17H23ClN6O2. The number of hydrogen-bond acceptors (Lipinski definition) is 5. The third-order valence-corrected chi connectivity index (χ3v) is 4.26. The van der Waals surface area contributed by atoms with E-state index in [1.54, 1.807) is 15.8 Å². The number of likely N-dealkylation sites (tertiary alicyclic amines) is 1. The van der Waals surface area contributed by atoms with E-state index in [1.807, 2.05) is 30.3 Å². The average molecular weight is 379 g/mol. The Kier molecular flexibility index (Phi) is 7.11. The summed E-state index contributed by atoms with van der Waals surface area (Å²) >= 11 is 0. The molecular weight excluding hydrogens is 356 g/mol. The van der Waals surface area contributed by atoms with Crippen LogP contribution in [0, 0.1) is 5.92 Å². The molecule has 3 N–H and O–H groups in total. The van der Waals surface area contributed by atoms with Crippen LogP contribution < -0.4 is 11.1 Å². The van der Waals surface area contributed by atoms with Crippen molar-refractivity contribution in [3.63, 3.8) is 0 Å². The first-order valence-corrected chi connectivity index (χ1v) is 8.44. The molecule has 2 heterocycles. The fourth-order valence-corrected chi connectivity index (χ4v) is 2.95. The van der Waals surface area contributed by atoms with Gasteiger partial charge in [-0.25, -0.2) is 4.68 Å². The minimum absolute atomic E-state index is 0. The largest absolute Gasteiger partial charge is 0.355 e. The highest BCUT2D eigenvalue weighted by Crippen LogP contribution is 2.18. The molecule has 2 amide bonds. The number of amides is 2. The molecule has 2 aromatic rings. The Morgan fingerprint density at radius 1 is 1.27 bits per heavy atom. The molecule has 9 heteroatoms. The Morgan fingerprint density at radius 3 is 2.77 bits per heavy atom. The van der Waals surface area contributed by atoms with Crippen LogP contribution in [0.2, 0.25) is 0 Å². The van der Waals surface area contributed by atoms with Gasteiger partial charge in [-0.05, 0) is 25.0 Å². The molecule has 140 valence electrons. The van der Waals surface area contributed by atoms with Crippen LogP contribution in [-0.2, 0) is 4.79 Å². The first kappa shape index (κ1) is 19.9. The van der Waals surface area contributed by atoms with E-state index in [0.29, 0.717) is 26.2 Å². The Morgan fingerprint density at radius 2 is 2.04 bits per heavy atom. The van der Waals surface area contributed by atoms with Crippen molar-refractivity contribution in [1.29, 1.82) is 0 Å². The van der Waals surface area contributed by atoms with Gasteiger partial charge in [0.1, 0.15) is 0 Å². The zero-order valence-electron chi connectivity index (χ0n) is 14.4. The minimum Gasteiger partial charge on any atom is -0.355 e. The van der Waals surface area contributed by atoms with Gasteiger partial charge >= 0.3 is 0 Å². The van der Waals surface area contributed by atoms with E-state index in [2.05, 4.69) is 15.6 Å². The van der Waals surface area contributed by atoms with Gasteiger partial charge in [-0.1, -0.05) is 23.4 Å². The quantitative estimate of drug-likeness (QED) is 0.793. The summed E-state index contributed by atoms with van der Waals surface area (Å²) in [6.45, 7) is 1.88. The van der Waals surface area contributed by atoms with Crippen LogP contribution in [-0.4, -0.2) is 57.9 Å². The van der Waals surface area contributed by atoms with Crippen molar-refractivity contribution in [2.75, 3.05) is 26.2 Å². The molecule has 1 aliphatic heterocycles. The minimum atomic E-state index is -0.201. The fourth-order valence-electron chi connectivity index (χ4n) is 2.95. The van der Waals surface area contributed by atoms with E-state index in [4.69, 9.17) is 5.73 Å². The zero-order valence-corrected chi connectivity index (χ0v) is 15.2. The van der Waals surface area contributed by atoms with Crippen molar-refractivity contribution in [2.45, 2.75) is 12.8 Å². The summed E-state index contributed by atoms with van der Waals surface area (Å²) in [6.07, 6.45) is 3.19. The maximum absolute atomic E-state index is 12.7. The standard InChI is InChI=1S/C17H22N6O2.ClH/c18-8-9-19-16(24)13-5-4-10-22(11-13)17(25)15-12-23(21-20-15)14-6-2-1-3-7-14;/h1-3,6-7,12-13H,4-5,8-11,18H2,(H,19,24);1H. The lowest BCUT2D eigenvalue weighted by atomic mass is 9.97. The maximum atomic E-state index is 12.7. The van der Waals surface area contributed by atoms with Crippen molar-refractivity contribution < 1.29 is 9.59 Å². The predicted octanol–water partition coefficient (Wildman–Crippen LogP) is 0.616. The van der Waals surface area contributed by atoms with E-state index < -0.39 is 0 Å². The molecule has 1 fully saturated rings. The molecule has 0 radical (unpaired) electrons. The summed E-state index contributed by atoms with van der Waals surface area (Å²) in [6, 6.07) is 9.49. The number of benzene rings is 1. The second kappa shape index (κ2) is 9.30. The number of rotatable bonds is 5. The van der Waals surface area contributed by atoms with Gasteiger partial charge in [0.05, 0.1) is 17.8 Å². The molecule has 0 aliphatic carbocycles. The number of para-hydroxylation sites is 1. The monoisotopic (exact) mass is 378 g/mol. The molecule has 0 saturated carbocycles. The molecule has 1 aromatic carbocycles. The number of aromatic nitrogens is 3. The molecule has 1 saturated heterocycles. The van der Waals surface area contributed by atoms with Crippen LogP contribution >= 0.6 is 12.4 Å². The summed E-state index contributed by atoms with van der Waals surface area (Å²) in [4.78, 5) is 26.5. The lowest BCUT2D eigenvalue weighted by molar-refractivity contribution is -0.126. The van der Waals surface area contributed by atoms with Crippen molar-refractivity contribution in [2.24, 2.45) is 11.7 Å². The highest BCUT2D eigenvalue weighted by atomic mass is 35.5. The highest BCUT2D eigenvalue weighted by Gasteiger charge is 2.29. The predicted molar refractivity (Wildman–Crippen MR) is 99.3 cm³/mol. The average Bonchev–Trinajstić information content (AvgIpc) is 3.16. The molecule has 1 aromatic heterocycles. The first-order chi connectivity index (χ1) is 12.2. The molecule has 0 spiro atoms. The smallest absolute Gasteiger partial charge is 0.276 e. The topological polar surface area (TPSA) is 106 Å². The van der Waals surface area contributed by atoms with Crippen molar-refractivity contribution >= 4 is 24.2 Å². The summed E-state index contributed by atoms with van der Waals surface area (Å²) in [7, 11) is 0. The van der Waals surface area contributed by atoms with Crippen LogP contribution in [0.4, 0.5) is 0 Å². The van der Waals surface area contributed by atoms with Crippen LogP contribution in [0.15, 0.2) is 36.5 Å². The third-order valence-electron chi connectivity index (χ3n) is 4.26. The van der Waals surface area contributed by atoms with Gasteiger partial charge in [0.25, 0.3) is 5.91 Å². The van der Waals surface area contributed by atoms with Gasteiger partial charge in [0.15, 0.2) is 5.69 Å². The van der Waals surface area contributed by atoms with Gasteiger partial charge in [-0.3, -0.25) is 9.59 Å². The van der Waals surface area contributed by atoms with E-state index >= 15 is 0 Å². The molecule has 1 atom stereocenters. The Balaban J connectivity index is 0.00000243. The van der Waals surface area contributed by atoms with Crippen molar-refractivity contribution in [3.8, 4) is 5.69 Å². The summed E-state index contributed by atoms with van der Waals surface area (Å²) < 4.78 is 1.57. The number of piperidine rings is 1. The molecule has 1 aliphatic rings. The number of halogens is 1. The van der Waals surface area contributed by atoms with Crippen molar-refractivity contribution in [1.82, 2.24) is 25.2 Å². The number of hydrogen-bond donors (Lipinski definition) is 2. The number of carbonyl (C=O) groups excluding carboxylic acids is 2. The molecule has 26 heavy (non-hydrogen) atoms. The Labute approximate surface area is 158 Å². The van der Waals surface area contributed by atoms with E-state index in [-0.39, 0.29) is 35.8 Å². The second-order valence-electron chi connectivity index (χ2n) is 6.05. The fraction of sp³-hybridized carbons (Fsp3) is 0.412. The van der Waals surface area contributed by atoms with Gasteiger partial charge in [-0.15, -0.1) is 17.5 Å². The normalized spacial score (nSPS) is 16.7. The Hall–Kier alpha value is -2.45. The van der Waals surface area contributed by atoms with Gasteiger partial charge in [-0.2, -0.15) is 0 Å². The molecule has 1 unspecified atom stereocenters. The van der Waals surface area contributed by atoms with Crippen LogP contribution in [0.3, 0.4) is 0 Å². The maximum Gasteiger partial charge on any atom is 0.276 e. The molecule has 0 bridgehead atoms. The second-order valence-corrected chi connectivity index (χ2v) is 6.05. The van der Waals surface area contributed by atoms with E-state index in [9.17, 15) is 9.59 Å². The van der Waals surface area contributed by atoms with Gasteiger partial charge in [0, 0.05) is 26.2 Å². The van der Waals surface area contributed by atoms with Crippen molar-refractivity contribution in [3.05, 3.63) is 42.2 Å². The SMILES string of the molecule is Cl.NCCNC(=O)C1CCCN(C(=O)c2cn(-c3ccccc3)nn2)C1. The first-order valence-electron chi connectivity index (χ1n) is 8.44. The lowest BCUT2D eigenvalue weighted by Gasteiger charge is -2.31. The zero-order chi connectivity index (χ0) is 17.6. The summed E-state index contributed by atoms with van der Waals surface area (Å²) in [5, 5.41) is 10.8. The number of nitrogens with two attached hydrogens (primary N) is 1. The highest BCUT2D eigenvalue weighted by molar-refractivity contribution is 5.92. The van der Waals surface area contributed by atoms with Crippen LogP contribution in [0.1, 0.15) is 23.3 Å². The van der Waals surface area contributed by atoms with Crippen LogP contribution in [0.5, 0.6) is 0 Å². The van der Waals surface area contributed by atoms with E-state index in [0.717, 1.165) is 18.5 Å². The van der Waals surface area contributed by atoms with Gasteiger partial charge < -0.3 is 16.0 Å². The molecule has 3 rings (SSSR count). The number of carbonyl (C=O) groups is 2. The van der Waals surface area contributed by atoms with E-state index in [1.165, 1.54) is 0 Å². The Bertz CT molecular complexity index is 736. The van der Waals surface area contributed by atoms with Crippen LogP contribution in [0.25, 0.3) is 5.69 Å².